The molecule has 0 saturated heterocycles. The van der Waals surface area contributed by atoms with Gasteiger partial charge in [0.25, 0.3) is 0 Å². The zero-order valence-corrected chi connectivity index (χ0v) is 12.6. The van der Waals surface area contributed by atoms with E-state index in [1.165, 1.54) is 5.56 Å². The van der Waals surface area contributed by atoms with E-state index in [0.717, 1.165) is 16.9 Å². The van der Waals surface area contributed by atoms with E-state index < -0.39 is 6.10 Å². The molecule has 0 saturated carbocycles. The van der Waals surface area contributed by atoms with Gasteiger partial charge in [0.1, 0.15) is 18.5 Å². The molecule has 21 heavy (non-hydrogen) atoms. The first kappa shape index (κ1) is 15.5. The maximum Gasteiger partial charge on any atom is 0.119 e. The van der Waals surface area contributed by atoms with Gasteiger partial charge in [-0.1, -0.05) is 50.2 Å². The Balaban J connectivity index is 1.92. The maximum atomic E-state index is 10.1. The highest BCUT2D eigenvalue weighted by Gasteiger charge is 2.08. The van der Waals surface area contributed by atoms with Crippen LogP contribution in [0.15, 0.2) is 48.5 Å². The Morgan fingerprint density at radius 2 is 1.52 bits per heavy atom. The summed E-state index contributed by atoms with van der Waals surface area (Å²) in [6.07, 6.45) is -0.637. The van der Waals surface area contributed by atoms with Crippen LogP contribution < -0.4 is 10.5 Å². The van der Waals surface area contributed by atoms with Crippen molar-refractivity contribution in [3.63, 3.8) is 0 Å². The van der Waals surface area contributed by atoms with Gasteiger partial charge in [-0.2, -0.15) is 0 Å². The number of hydrogen-bond acceptors (Lipinski definition) is 3. The molecular formula is C18H23NO2. The molecule has 0 aliphatic rings. The van der Waals surface area contributed by atoms with E-state index in [-0.39, 0.29) is 6.61 Å². The molecule has 0 heterocycles. The molecule has 0 aliphatic heterocycles. The molecule has 3 heteroatoms. The second kappa shape index (κ2) is 7.25. The first-order chi connectivity index (χ1) is 10.1. The van der Waals surface area contributed by atoms with E-state index in [2.05, 4.69) is 26.0 Å². The molecule has 3 nitrogen and oxygen atoms in total. The largest absolute Gasteiger partial charge is 0.491 e. The summed E-state index contributed by atoms with van der Waals surface area (Å²) in [4.78, 5) is 0. The molecule has 0 bridgehead atoms. The molecule has 3 N–H and O–H groups in total. The summed E-state index contributed by atoms with van der Waals surface area (Å²) in [5.74, 6) is 1.28. The van der Waals surface area contributed by atoms with E-state index >= 15 is 0 Å². The monoisotopic (exact) mass is 285 g/mol. The van der Waals surface area contributed by atoms with Crippen LogP contribution in [0.4, 0.5) is 0 Å². The second-order valence-corrected chi connectivity index (χ2v) is 5.50. The number of benzene rings is 2. The van der Waals surface area contributed by atoms with Crippen LogP contribution in [-0.2, 0) is 6.54 Å². The molecule has 2 aromatic rings. The van der Waals surface area contributed by atoms with Gasteiger partial charge in [0.2, 0.25) is 0 Å². The Hall–Kier alpha value is -1.84. The summed E-state index contributed by atoms with van der Waals surface area (Å²) < 4.78 is 5.64. The van der Waals surface area contributed by atoms with Gasteiger partial charge in [0.15, 0.2) is 0 Å². The molecule has 0 aromatic heterocycles. The average Bonchev–Trinajstić information content (AvgIpc) is 2.53. The molecule has 1 unspecified atom stereocenters. The predicted molar refractivity (Wildman–Crippen MR) is 85.3 cm³/mol. The van der Waals surface area contributed by atoms with Crippen molar-refractivity contribution in [2.45, 2.75) is 32.4 Å². The van der Waals surface area contributed by atoms with Crippen molar-refractivity contribution >= 4 is 0 Å². The minimum Gasteiger partial charge on any atom is -0.491 e. The van der Waals surface area contributed by atoms with E-state index in [1.54, 1.807) is 0 Å². The third-order valence-corrected chi connectivity index (χ3v) is 3.55. The molecule has 0 amide bonds. The Kier molecular flexibility index (Phi) is 5.37. The number of aliphatic hydroxyl groups is 1. The third kappa shape index (κ3) is 4.31. The van der Waals surface area contributed by atoms with Crippen LogP contribution in [0.2, 0.25) is 0 Å². The number of aliphatic hydroxyl groups excluding tert-OH is 1. The van der Waals surface area contributed by atoms with Gasteiger partial charge in [-0.05, 0) is 34.7 Å². The summed E-state index contributed by atoms with van der Waals surface area (Å²) in [6.45, 7) is 5.06. The Bertz CT molecular complexity index is 546. The normalized spacial score (nSPS) is 12.4. The maximum absolute atomic E-state index is 10.1. The van der Waals surface area contributed by atoms with Crippen LogP contribution in [-0.4, -0.2) is 11.7 Å². The smallest absolute Gasteiger partial charge is 0.119 e. The van der Waals surface area contributed by atoms with Crippen LogP contribution in [0, 0.1) is 0 Å². The molecule has 112 valence electrons. The van der Waals surface area contributed by atoms with Gasteiger partial charge < -0.3 is 15.6 Å². The fourth-order valence-electron chi connectivity index (χ4n) is 2.10. The lowest BCUT2D eigenvalue weighted by molar-refractivity contribution is 0.108. The van der Waals surface area contributed by atoms with E-state index in [0.29, 0.717) is 12.5 Å². The van der Waals surface area contributed by atoms with Crippen LogP contribution >= 0.6 is 0 Å². The second-order valence-electron chi connectivity index (χ2n) is 5.50. The van der Waals surface area contributed by atoms with Crippen molar-refractivity contribution in [2.75, 3.05) is 6.61 Å². The first-order valence-electron chi connectivity index (χ1n) is 7.30. The van der Waals surface area contributed by atoms with Crippen LogP contribution in [0.3, 0.4) is 0 Å². The molecule has 0 spiro atoms. The van der Waals surface area contributed by atoms with E-state index in [1.807, 2.05) is 36.4 Å². The molecule has 0 fully saturated rings. The van der Waals surface area contributed by atoms with Gasteiger partial charge in [-0.25, -0.2) is 0 Å². The van der Waals surface area contributed by atoms with Crippen molar-refractivity contribution < 1.29 is 9.84 Å². The summed E-state index contributed by atoms with van der Waals surface area (Å²) in [7, 11) is 0. The number of ether oxygens (including phenoxy) is 1. The quantitative estimate of drug-likeness (QED) is 0.855. The number of rotatable bonds is 6. The molecular weight excluding hydrogens is 262 g/mol. The van der Waals surface area contributed by atoms with Crippen molar-refractivity contribution in [1.82, 2.24) is 0 Å². The zero-order chi connectivity index (χ0) is 15.2. The SMILES string of the molecule is CC(C)c1ccc(OCC(O)c2ccc(CN)cc2)cc1. The fraction of sp³-hybridized carbons (Fsp3) is 0.333. The van der Waals surface area contributed by atoms with E-state index in [9.17, 15) is 5.11 Å². The Morgan fingerprint density at radius 1 is 0.952 bits per heavy atom. The molecule has 2 aromatic carbocycles. The highest BCUT2D eigenvalue weighted by Crippen LogP contribution is 2.20. The van der Waals surface area contributed by atoms with Crippen LogP contribution in [0.1, 0.15) is 42.6 Å². The summed E-state index contributed by atoms with van der Waals surface area (Å²) in [6, 6.07) is 15.6. The molecule has 0 radical (unpaired) electrons. The fourth-order valence-corrected chi connectivity index (χ4v) is 2.10. The number of nitrogens with two attached hydrogens (primary N) is 1. The van der Waals surface area contributed by atoms with Gasteiger partial charge in [-0.3, -0.25) is 0 Å². The van der Waals surface area contributed by atoms with Gasteiger partial charge in [-0.15, -0.1) is 0 Å². The average molecular weight is 285 g/mol. The Labute approximate surface area is 126 Å². The van der Waals surface area contributed by atoms with Crippen LogP contribution in [0.5, 0.6) is 5.75 Å². The zero-order valence-electron chi connectivity index (χ0n) is 12.6. The molecule has 2 rings (SSSR count). The van der Waals surface area contributed by atoms with Gasteiger partial charge in [0.05, 0.1) is 0 Å². The van der Waals surface area contributed by atoms with Crippen molar-refractivity contribution in [3.05, 3.63) is 65.2 Å². The molecule has 1 atom stereocenters. The van der Waals surface area contributed by atoms with Gasteiger partial charge in [0, 0.05) is 6.54 Å². The highest BCUT2D eigenvalue weighted by molar-refractivity contribution is 5.29. The van der Waals surface area contributed by atoms with Crippen molar-refractivity contribution in [3.8, 4) is 5.75 Å². The summed E-state index contributed by atoms with van der Waals surface area (Å²) in [5.41, 5.74) is 8.73. The standard InChI is InChI=1S/C18H23NO2/c1-13(2)15-7-9-17(10-8-15)21-12-18(20)16-5-3-14(11-19)4-6-16/h3-10,13,18,20H,11-12,19H2,1-2H3. The van der Waals surface area contributed by atoms with Crippen molar-refractivity contribution in [2.24, 2.45) is 5.73 Å². The third-order valence-electron chi connectivity index (χ3n) is 3.55. The minimum absolute atomic E-state index is 0.239. The summed E-state index contributed by atoms with van der Waals surface area (Å²) >= 11 is 0. The van der Waals surface area contributed by atoms with Crippen molar-refractivity contribution in [1.29, 1.82) is 0 Å². The van der Waals surface area contributed by atoms with Gasteiger partial charge >= 0.3 is 0 Å². The topological polar surface area (TPSA) is 55.5 Å². The Morgan fingerprint density at radius 3 is 2.05 bits per heavy atom. The van der Waals surface area contributed by atoms with E-state index in [4.69, 9.17) is 10.5 Å². The van der Waals surface area contributed by atoms with Crippen LogP contribution in [0.25, 0.3) is 0 Å². The predicted octanol–water partition coefficient (Wildman–Crippen LogP) is 3.38. The minimum atomic E-state index is -0.637. The lowest BCUT2D eigenvalue weighted by Gasteiger charge is -2.14. The highest BCUT2D eigenvalue weighted by atomic mass is 16.5. The summed E-state index contributed by atoms with van der Waals surface area (Å²) in [5, 5.41) is 10.1. The number of hydrogen-bond donors (Lipinski definition) is 2. The molecule has 0 aliphatic carbocycles. The lowest BCUT2D eigenvalue weighted by atomic mass is 10.0. The lowest BCUT2D eigenvalue weighted by Crippen LogP contribution is -2.10. The first-order valence-corrected chi connectivity index (χ1v) is 7.30.